The first-order valence-electron chi connectivity index (χ1n) is 10.8. The van der Waals surface area contributed by atoms with Crippen molar-refractivity contribution in [1.82, 2.24) is 0 Å². The summed E-state index contributed by atoms with van der Waals surface area (Å²) in [5.41, 5.74) is -0.297. The lowest BCUT2D eigenvalue weighted by molar-refractivity contribution is -0.148. The van der Waals surface area contributed by atoms with Gasteiger partial charge >= 0.3 is 11.9 Å². The van der Waals surface area contributed by atoms with Crippen LogP contribution in [0.2, 0.25) is 0 Å². The van der Waals surface area contributed by atoms with Gasteiger partial charge < -0.3 is 9.47 Å². The largest absolute Gasteiger partial charge is 0.469 e. The van der Waals surface area contributed by atoms with Crippen molar-refractivity contribution in [1.29, 1.82) is 0 Å². The molecule has 0 rings (SSSR count). The minimum Gasteiger partial charge on any atom is -0.469 e. The van der Waals surface area contributed by atoms with E-state index in [1.165, 1.54) is 20.3 Å². The predicted octanol–water partition coefficient (Wildman–Crippen LogP) is 4.45. The standard InChI is InChI=1S/C23H40O6S/c1-7-8-18-23(3,4)21(29-19(2)24)16-13-15-20(30(6,26)27)14-11-9-10-12-17-22(25)28-5/h20-21H,7-12,14-15,17-18H2,1-6H3. The lowest BCUT2D eigenvalue weighted by Crippen LogP contribution is -2.32. The topological polar surface area (TPSA) is 86.7 Å². The molecule has 0 aromatic rings. The highest BCUT2D eigenvalue weighted by Gasteiger charge is 2.30. The minimum atomic E-state index is -3.23. The molecule has 30 heavy (non-hydrogen) atoms. The highest BCUT2D eigenvalue weighted by Crippen LogP contribution is 2.30. The van der Waals surface area contributed by atoms with Crippen LogP contribution < -0.4 is 0 Å². The Bertz CT molecular complexity index is 684. The molecule has 0 bridgehead atoms. The Hall–Kier alpha value is -1.55. The molecular weight excluding hydrogens is 404 g/mol. The molecule has 0 aromatic carbocycles. The fourth-order valence-corrected chi connectivity index (χ4v) is 4.12. The Morgan fingerprint density at radius 3 is 2.23 bits per heavy atom. The Balaban J connectivity index is 4.88. The second-order valence-corrected chi connectivity index (χ2v) is 10.9. The van der Waals surface area contributed by atoms with Gasteiger partial charge in [0, 0.05) is 31.4 Å². The first-order valence-corrected chi connectivity index (χ1v) is 12.8. The third-order valence-corrected chi connectivity index (χ3v) is 6.83. The molecule has 0 fully saturated rings. The number of methoxy groups -OCH3 is 1. The quantitative estimate of drug-likeness (QED) is 0.223. The summed E-state index contributed by atoms with van der Waals surface area (Å²) in [6.45, 7) is 7.51. The van der Waals surface area contributed by atoms with Gasteiger partial charge in [-0.1, -0.05) is 64.7 Å². The molecular formula is C23H40O6S. The Morgan fingerprint density at radius 1 is 1.07 bits per heavy atom. The number of carbonyl (C=O) groups excluding carboxylic acids is 2. The van der Waals surface area contributed by atoms with E-state index >= 15 is 0 Å². The van der Waals surface area contributed by atoms with Gasteiger partial charge in [0.1, 0.15) is 0 Å². The molecule has 0 aliphatic carbocycles. The second kappa shape index (κ2) is 14.5. The van der Waals surface area contributed by atoms with Crippen LogP contribution in [0.25, 0.3) is 0 Å². The third kappa shape index (κ3) is 12.9. The maximum Gasteiger partial charge on any atom is 0.305 e. The van der Waals surface area contributed by atoms with Crippen LogP contribution in [0.5, 0.6) is 0 Å². The van der Waals surface area contributed by atoms with Gasteiger partial charge in [-0.2, -0.15) is 0 Å². The van der Waals surface area contributed by atoms with Crippen molar-refractivity contribution in [2.24, 2.45) is 5.41 Å². The van der Waals surface area contributed by atoms with E-state index in [4.69, 9.17) is 4.74 Å². The fourth-order valence-electron chi connectivity index (χ4n) is 3.14. The van der Waals surface area contributed by atoms with Gasteiger partial charge in [-0.3, -0.25) is 9.59 Å². The van der Waals surface area contributed by atoms with E-state index in [2.05, 4.69) is 23.5 Å². The molecule has 0 heterocycles. The van der Waals surface area contributed by atoms with E-state index in [-0.39, 0.29) is 23.8 Å². The molecule has 0 spiro atoms. The summed E-state index contributed by atoms with van der Waals surface area (Å²) in [4.78, 5) is 22.6. The monoisotopic (exact) mass is 444 g/mol. The number of ether oxygens (including phenoxy) is 2. The zero-order valence-electron chi connectivity index (χ0n) is 19.6. The van der Waals surface area contributed by atoms with Gasteiger partial charge in [0.2, 0.25) is 0 Å². The second-order valence-electron chi connectivity index (χ2n) is 8.59. The molecule has 0 saturated heterocycles. The maximum atomic E-state index is 12.2. The fraction of sp³-hybridized carbons (Fsp3) is 0.826. The van der Waals surface area contributed by atoms with E-state index in [1.54, 1.807) is 0 Å². The maximum absolute atomic E-state index is 12.2. The number of esters is 2. The first kappa shape index (κ1) is 28.5. The molecule has 6 nitrogen and oxygen atoms in total. The van der Waals surface area contributed by atoms with Crippen LogP contribution in [0.1, 0.15) is 91.9 Å². The van der Waals surface area contributed by atoms with Gasteiger partial charge in [-0.15, -0.1) is 0 Å². The molecule has 2 unspecified atom stereocenters. The van der Waals surface area contributed by atoms with Gasteiger partial charge in [0.25, 0.3) is 0 Å². The number of sulfone groups is 1. The minimum absolute atomic E-state index is 0.219. The number of rotatable bonds is 14. The molecule has 0 amide bonds. The van der Waals surface area contributed by atoms with Crippen LogP contribution in [-0.4, -0.2) is 45.1 Å². The van der Waals surface area contributed by atoms with Crippen molar-refractivity contribution < 1.29 is 27.5 Å². The van der Waals surface area contributed by atoms with Gasteiger partial charge in [0.05, 0.1) is 12.4 Å². The zero-order chi connectivity index (χ0) is 23.2. The molecule has 0 saturated carbocycles. The molecule has 174 valence electrons. The van der Waals surface area contributed by atoms with Crippen molar-refractivity contribution in [3.8, 4) is 11.8 Å². The zero-order valence-corrected chi connectivity index (χ0v) is 20.4. The Kier molecular flexibility index (Phi) is 13.7. The first-order chi connectivity index (χ1) is 13.9. The third-order valence-electron chi connectivity index (χ3n) is 5.22. The average molecular weight is 445 g/mol. The van der Waals surface area contributed by atoms with E-state index in [9.17, 15) is 18.0 Å². The van der Waals surface area contributed by atoms with Crippen molar-refractivity contribution in [3.05, 3.63) is 0 Å². The summed E-state index contributed by atoms with van der Waals surface area (Å²) in [5.74, 6) is 5.41. The summed E-state index contributed by atoms with van der Waals surface area (Å²) in [6.07, 6.45) is 7.97. The molecule has 0 radical (unpaired) electrons. The summed E-state index contributed by atoms with van der Waals surface area (Å²) < 4.78 is 34.4. The van der Waals surface area contributed by atoms with Crippen LogP contribution in [0.15, 0.2) is 0 Å². The molecule has 0 aromatic heterocycles. The van der Waals surface area contributed by atoms with E-state index in [0.29, 0.717) is 12.8 Å². The summed E-state index contributed by atoms with van der Waals surface area (Å²) >= 11 is 0. The van der Waals surface area contributed by atoms with Crippen LogP contribution in [-0.2, 0) is 28.9 Å². The molecule has 7 heteroatoms. The predicted molar refractivity (Wildman–Crippen MR) is 120 cm³/mol. The van der Waals surface area contributed by atoms with Crippen LogP contribution >= 0.6 is 0 Å². The van der Waals surface area contributed by atoms with Crippen molar-refractivity contribution >= 4 is 21.8 Å². The summed E-state index contributed by atoms with van der Waals surface area (Å²) in [7, 11) is -1.86. The van der Waals surface area contributed by atoms with E-state index in [1.807, 2.05) is 13.8 Å². The number of carbonyl (C=O) groups is 2. The van der Waals surface area contributed by atoms with Crippen LogP contribution in [0.4, 0.5) is 0 Å². The van der Waals surface area contributed by atoms with Gasteiger partial charge in [-0.05, 0) is 19.3 Å². The molecule has 0 aliphatic rings. The number of hydrogen-bond donors (Lipinski definition) is 0. The van der Waals surface area contributed by atoms with Crippen LogP contribution in [0, 0.1) is 17.3 Å². The smallest absolute Gasteiger partial charge is 0.305 e. The average Bonchev–Trinajstić information content (AvgIpc) is 2.65. The molecule has 0 N–H and O–H groups in total. The molecule has 2 atom stereocenters. The van der Waals surface area contributed by atoms with Crippen molar-refractivity contribution in [3.63, 3.8) is 0 Å². The van der Waals surface area contributed by atoms with E-state index in [0.717, 1.165) is 44.9 Å². The normalized spacial score (nSPS) is 13.7. The Morgan fingerprint density at radius 2 is 1.70 bits per heavy atom. The van der Waals surface area contributed by atoms with Crippen LogP contribution in [0.3, 0.4) is 0 Å². The highest BCUT2D eigenvalue weighted by atomic mass is 32.2. The summed E-state index contributed by atoms with van der Waals surface area (Å²) in [5, 5.41) is -0.540. The lowest BCUT2D eigenvalue weighted by atomic mass is 9.81. The van der Waals surface area contributed by atoms with Crippen molar-refractivity contribution in [2.45, 2.75) is 103 Å². The SMILES string of the molecule is CCCCC(C)(C)C(C#CCC(CCCCCCC(=O)OC)S(C)(=O)=O)OC(C)=O. The highest BCUT2D eigenvalue weighted by molar-refractivity contribution is 7.91. The summed E-state index contributed by atoms with van der Waals surface area (Å²) in [6, 6.07) is 0. The van der Waals surface area contributed by atoms with Crippen molar-refractivity contribution in [2.75, 3.05) is 13.4 Å². The van der Waals surface area contributed by atoms with Gasteiger partial charge in [0.15, 0.2) is 15.9 Å². The number of hydrogen-bond acceptors (Lipinski definition) is 6. The number of unbranched alkanes of at least 4 members (excludes halogenated alkanes) is 4. The lowest BCUT2D eigenvalue weighted by Gasteiger charge is -2.30. The van der Waals surface area contributed by atoms with Gasteiger partial charge in [-0.25, -0.2) is 8.42 Å². The molecule has 0 aliphatic heterocycles. The Labute approximate surface area is 183 Å². The van der Waals surface area contributed by atoms with E-state index < -0.39 is 21.2 Å².